The third kappa shape index (κ3) is 4.43. The first-order chi connectivity index (χ1) is 6.84. The van der Waals surface area contributed by atoms with Crippen LogP contribution >= 0.6 is 0 Å². The highest BCUT2D eigenvalue weighted by Crippen LogP contribution is 2.11. The molecule has 1 unspecified atom stereocenters. The Hall–Kier alpha value is -0.0800. The smallest absolute Gasteiger partial charge is 0.0594 e. The first-order valence-corrected chi connectivity index (χ1v) is 6.16. The van der Waals surface area contributed by atoms with Crippen molar-refractivity contribution >= 4 is 0 Å². The van der Waals surface area contributed by atoms with Crippen LogP contribution in [-0.4, -0.2) is 37.2 Å². The molecule has 0 bridgehead atoms. The summed E-state index contributed by atoms with van der Waals surface area (Å²) in [5.41, 5.74) is 0. The summed E-state index contributed by atoms with van der Waals surface area (Å²) < 4.78 is 5.35. The summed E-state index contributed by atoms with van der Waals surface area (Å²) >= 11 is 0. The van der Waals surface area contributed by atoms with Gasteiger partial charge in [-0.15, -0.1) is 0 Å². The number of hydrogen-bond donors (Lipinski definition) is 0. The number of unbranched alkanes of at least 4 members (excludes halogenated alkanes) is 3. The summed E-state index contributed by atoms with van der Waals surface area (Å²) in [6, 6.07) is 0.760. The molecule has 0 aromatic carbocycles. The molecule has 1 aliphatic rings. The zero-order valence-corrected chi connectivity index (χ0v) is 9.80. The SMILES string of the molecule is CCCCCCC(C)N1CCOCC1. The predicted octanol–water partition coefficient (Wildman–Crippen LogP) is 2.68. The first kappa shape index (κ1) is 12.0. The minimum atomic E-state index is 0.760. The molecular weight excluding hydrogens is 174 g/mol. The topological polar surface area (TPSA) is 12.5 Å². The van der Waals surface area contributed by atoms with Gasteiger partial charge in [0.1, 0.15) is 0 Å². The predicted molar refractivity (Wildman–Crippen MR) is 60.6 cm³/mol. The molecule has 2 heteroatoms. The monoisotopic (exact) mass is 199 g/mol. The summed E-state index contributed by atoms with van der Waals surface area (Å²) in [5.74, 6) is 0. The van der Waals surface area contributed by atoms with E-state index in [0.717, 1.165) is 32.3 Å². The average molecular weight is 199 g/mol. The molecule has 0 spiro atoms. The normalized spacial score (nSPS) is 21.0. The quantitative estimate of drug-likeness (QED) is 0.610. The molecular formula is C12H25NO. The molecule has 0 radical (unpaired) electrons. The third-order valence-electron chi connectivity index (χ3n) is 3.14. The molecule has 1 aliphatic heterocycles. The van der Waals surface area contributed by atoms with E-state index in [1.54, 1.807) is 0 Å². The summed E-state index contributed by atoms with van der Waals surface area (Å²) in [6.07, 6.45) is 6.90. The minimum absolute atomic E-state index is 0.760. The van der Waals surface area contributed by atoms with Gasteiger partial charge in [0.25, 0.3) is 0 Å². The van der Waals surface area contributed by atoms with Crippen molar-refractivity contribution in [2.45, 2.75) is 52.0 Å². The Labute approximate surface area is 88.6 Å². The molecule has 0 aromatic rings. The number of nitrogens with zero attached hydrogens (tertiary/aromatic N) is 1. The fourth-order valence-electron chi connectivity index (χ4n) is 2.07. The van der Waals surface area contributed by atoms with E-state index in [0.29, 0.717) is 0 Å². The first-order valence-electron chi connectivity index (χ1n) is 6.16. The van der Waals surface area contributed by atoms with Crippen LogP contribution in [0, 0.1) is 0 Å². The van der Waals surface area contributed by atoms with E-state index >= 15 is 0 Å². The Balaban J connectivity index is 2.04. The van der Waals surface area contributed by atoms with Gasteiger partial charge in [0.2, 0.25) is 0 Å². The van der Waals surface area contributed by atoms with Gasteiger partial charge < -0.3 is 4.74 Å². The van der Waals surface area contributed by atoms with Crippen LogP contribution in [0.15, 0.2) is 0 Å². The van der Waals surface area contributed by atoms with Gasteiger partial charge in [-0.25, -0.2) is 0 Å². The summed E-state index contributed by atoms with van der Waals surface area (Å²) in [4.78, 5) is 2.56. The molecule has 1 rings (SSSR count). The van der Waals surface area contributed by atoms with E-state index in [-0.39, 0.29) is 0 Å². The minimum Gasteiger partial charge on any atom is -0.379 e. The number of hydrogen-bond acceptors (Lipinski definition) is 2. The van der Waals surface area contributed by atoms with Crippen molar-refractivity contribution in [1.29, 1.82) is 0 Å². The van der Waals surface area contributed by atoms with Crippen LogP contribution in [0.4, 0.5) is 0 Å². The van der Waals surface area contributed by atoms with Crippen LogP contribution < -0.4 is 0 Å². The number of morpholine rings is 1. The lowest BCUT2D eigenvalue weighted by molar-refractivity contribution is 0.0182. The second kappa shape index (κ2) is 7.24. The largest absolute Gasteiger partial charge is 0.379 e. The zero-order chi connectivity index (χ0) is 10.2. The van der Waals surface area contributed by atoms with Gasteiger partial charge >= 0.3 is 0 Å². The molecule has 1 heterocycles. The van der Waals surface area contributed by atoms with Crippen molar-refractivity contribution in [2.24, 2.45) is 0 Å². The highest BCUT2D eigenvalue weighted by atomic mass is 16.5. The van der Waals surface area contributed by atoms with Crippen molar-refractivity contribution in [1.82, 2.24) is 4.90 Å². The van der Waals surface area contributed by atoms with Crippen LogP contribution in [0.3, 0.4) is 0 Å². The molecule has 1 fully saturated rings. The van der Waals surface area contributed by atoms with E-state index in [1.807, 2.05) is 0 Å². The molecule has 2 nitrogen and oxygen atoms in total. The highest BCUT2D eigenvalue weighted by Gasteiger charge is 2.15. The lowest BCUT2D eigenvalue weighted by Gasteiger charge is -2.32. The lowest BCUT2D eigenvalue weighted by atomic mass is 10.1. The lowest BCUT2D eigenvalue weighted by Crippen LogP contribution is -2.42. The molecule has 0 saturated carbocycles. The summed E-state index contributed by atoms with van der Waals surface area (Å²) in [6.45, 7) is 8.76. The van der Waals surface area contributed by atoms with Gasteiger partial charge in [0.15, 0.2) is 0 Å². The third-order valence-corrected chi connectivity index (χ3v) is 3.14. The maximum atomic E-state index is 5.35. The van der Waals surface area contributed by atoms with Gasteiger partial charge in [-0.05, 0) is 13.3 Å². The molecule has 84 valence electrons. The van der Waals surface area contributed by atoms with Crippen molar-refractivity contribution in [3.63, 3.8) is 0 Å². The fraction of sp³-hybridized carbons (Fsp3) is 1.00. The van der Waals surface area contributed by atoms with E-state index in [4.69, 9.17) is 4.74 Å². The molecule has 0 N–H and O–H groups in total. The van der Waals surface area contributed by atoms with Crippen LogP contribution in [0.5, 0.6) is 0 Å². The zero-order valence-electron chi connectivity index (χ0n) is 9.80. The summed E-state index contributed by atoms with van der Waals surface area (Å²) in [5, 5.41) is 0. The van der Waals surface area contributed by atoms with E-state index in [9.17, 15) is 0 Å². The standard InChI is InChI=1S/C12H25NO/c1-3-4-5-6-7-12(2)13-8-10-14-11-9-13/h12H,3-11H2,1-2H3. The van der Waals surface area contributed by atoms with Gasteiger partial charge in [-0.2, -0.15) is 0 Å². The molecule has 1 saturated heterocycles. The van der Waals surface area contributed by atoms with E-state index in [2.05, 4.69) is 18.7 Å². The maximum Gasteiger partial charge on any atom is 0.0594 e. The highest BCUT2D eigenvalue weighted by molar-refractivity contribution is 4.69. The van der Waals surface area contributed by atoms with Crippen molar-refractivity contribution in [3.8, 4) is 0 Å². The number of ether oxygens (including phenoxy) is 1. The Morgan fingerprint density at radius 1 is 1.14 bits per heavy atom. The van der Waals surface area contributed by atoms with Crippen LogP contribution in [0.1, 0.15) is 46.0 Å². The second-order valence-electron chi connectivity index (χ2n) is 4.35. The second-order valence-corrected chi connectivity index (χ2v) is 4.35. The van der Waals surface area contributed by atoms with Crippen LogP contribution in [0.2, 0.25) is 0 Å². The van der Waals surface area contributed by atoms with Gasteiger partial charge in [0.05, 0.1) is 13.2 Å². The van der Waals surface area contributed by atoms with E-state index in [1.165, 1.54) is 32.1 Å². The van der Waals surface area contributed by atoms with Gasteiger partial charge in [0, 0.05) is 19.1 Å². The van der Waals surface area contributed by atoms with Crippen LogP contribution in [0.25, 0.3) is 0 Å². The van der Waals surface area contributed by atoms with Gasteiger partial charge in [-0.1, -0.05) is 32.6 Å². The van der Waals surface area contributed by atoms with Gasteiger partial charge in [-0.3, -0.25) is 4.90 Å². The molecule has 14 heavy (non-hydrogen) atoms. The summed E-state index contributed by atoms with van der Waals surface area (Å²) in [7, 11) is 0. The van der Waals surface area contributed by atoms with E-state index < -0.39 is 0 Å². The van der Waals surface area contributed by atoms with Crippen LogP contribution in [-0.2, 0) is 4.74 Å². The van der Waals surface area contributed by atoms with Crippen molar-refractivity contribution in [2.75, 3.05) is 26.3 Å². The Morgan fingerprint density at radius 3 is 2.50 bits per heavy atom. The maximum absolute atomic E-state index is 5.35. The Kier molecular flexibility index (Phi) is 6.20. The van der Waals surface area contributed by atoms with Crippen molar-refractivity contribution < 1.29 is 4.74 Å². The molecule has 0 amide bonds. The Bertz CT molecular complexity index is 132. The Morgan fingerprint density at radius 2 is 1.86 bits per heavy atom. The number of rotatable bonds is 6. The van der Waals surface area contributed by atoms with Crippen molar-refractivity contribution in [3.05, 3.63) is 0 Å². The molecule has 0 aliphatic carbocycles. The molecule has 1 atom stereocenters. The molecule has 0 aromatic heterocycles. The fourth-order valence-corrected chi connectivity index (χ4v) is 2.07. The average Bonchev–Trinajstić information content (AvgIpc) is 2.25.